The van der Waals surface area contributed by atoms with Gasteiger partial charge >= 0.3 is 5.97 Å². The maximum Gasteiger partial charge on any atom is 0.335 e. The van der Waals surface area contributed by atoms with Gasteiger partial charge in [-0.15, -0.1) is 0 Å². The van der Waals surface area contributed by atoms with E-state index in [1.807, 2.05) is 97.5 Å². The van der Waals surface area contributed by atoms with Gasteiger partial charge in [-0.25, -0.2) is 14.5 Å². The summed E-state index contributed by atoms with van der Waals surface area (Å²) in [6.45, 7) is 4.06. The molecule has 0 aliphatic carbocycles. The zero-order chi connectivity index (χ0) is 30.1. The number of methoxy groups -OCH3 is 1. The Bertz CT molecular complexity index is 1840. The third-order valence-corrected chi connectivity index (χ3v) is 7.62. The number of ether oxygens (including phenoxy) is 1. The number of carboxylic acid groups (broad SMARTS) is 1. The van der Waals surface area contributed by atoms with Gasteiger partial charge in [0.1, 0.15) is 5.75 Å². The fraction of sp³-hybridized carbons (Fsp3) is 0.143. The predicted molar refractivity (Wildman–Crippen MR) is 165 cm³/mol. The molecule has 8 heteroatoms. The number of amides is 1. The number of hydrazone groups is 1. The molecule has 1 aliphatic rings. The molecule has 0 bridgehead atoms. The van der Waals surface area contributed by atoms with Crippen molar-refractivity contribution in [2.45, 2.75) is 26.3 Å². The molecule has 43 heavy (non-hydrogen) atoms. The molecule has 214 valence electrons. The van der Waals surface area contributed by atoms with E-state index in [2.05, 4.69) is 0 Å². The fourth-order valence-corrected chi connectivity index (χ4v) is 5.21. The van der Waals surface area contributed by atoms with Gasteiger partial charge < -0.3 is 9.84 Å². The minimum Gasteiger partial charge on any atom is -0.497 e. The monoisotopic (exact) mass is 570 g/mol. The molecule has 0 saturated carbocycles. The second-order valence-electron chi connectivity index (χ2n) is 10.6. The molecule has 4 aromatic carbocycles. The van der Waals surface area contributed by atoms with Crippen LogP contribution in [0.15, 0.2) is 108 Å². The maximum absolute atomic E-state index is 14.1. The standard InChI is InChI=1S/C35H30N4O4/c1-22-7-11-24(12-8-22)31-20-32(39(36-31)34(40)26-5-4-6-27(19-26)35(41)42)30-21-38(28-15-17-29(43-3)18-16-28)37-33(30)25-13-9-23(2)10-14-25/h4-19,21,32H,20H2,1-3H3,(H,41,42). The van der Waals surface area contributed by atoms with Crippen LogP contribution in [0.2, 0.25) is 0 Å². The van der Waals surface area contributed by atoms with Crippen molar-refractivity contribution in [1.29, 1.82) is 0 Å². The fourth-order valence-electron chi connectivity index (χ4n) is 5.21. The summed E-state index contributed by atoms with van der Waals surface area (Å²) in [6, 6.07) is 29.4. The predicted octanol–water partition coefficient (Wildman–Crippen LogP) is 6.85. The van der Waals surface area contributed by atoms with E-state index >= 15 is 0 Å². The van der Waals surface area contributed by atoms with Crippen LogP contribution in [0.3, 0.4) is 0 Å². The van der Waals surface area contributed by atoms with Crippen LogP contribution >= 0.6 is 0 Å². The van der Waals surface area contributed by atoms with Crippen LogP contribution in [0.4, 0.5) is 0 Å². The number of nitrogens with zero attached hydrogens (tertiary/aromatic N) is 4. The Kier molecular flexibility index (Phi) is 7.34. The average Bonchev–Trinajstić information content (AvgIpc) is 3.67. The van der Waals surface area contributed by atoms with Crippen molar-refractivity contribution in [3.63, 3.8) is 0 Å². The number of hydrogen-bond donors (Lipinski definition) is 1. The summed E-state index contributed by atoms with van der Waals surface area (Å²) in [5.74, 6) is -0.747. The number of aromatic nitrogens is 2. The molecule has 8 nitrogen and oxygen atoms in total. The van der Waals surface area contributed by atoms with Crippen molar-refractivity contribution < 1.29 is 19.4 Å². The molecular weight excluding hydrogens is 540 g/mol. The lowest BCUT2D eigenvalue weighted by atomic mass is 9.95. The SMILES string of the molecule is COc1ccc(-n2cc(C3CC(c4ccc(C)cc4)=NN3C(=O)c3cccc(C(=O)O)c3)c(-c3ccc(C)cc3)n2)cc1. The molecule has 1 aromatic heterocycles. The average molecular weight is 571 g/mol. The molecule has 1 N–H and O–H groups in total. The largest absolute Gasteiger partial charge is 0.497 e. The molecular formula is C35H30N4O4. The van der Waals surface area contributed by atoms with Gasteiger partial charge in [-0.2, -0.15) is 10.2 Å². The first kappa shape index (κ1) is 27.7. The van der Waals surface area contributed by atoms with Crippen LogP contribution in [0.5, 0.6) is 5.75 Å². The van der Waals surface area contributed by atoms with Gasteiger partial charge in [0.2, 0.25) is 0 Å². The zero-order valence-electron chi connectivity index (χ0n) is 24.1. The lowest BCUT2D eigenvalue weighted by Gasteiger charge is -2.22. The summed E-state index contributed by atoms with van der Waals surface area (Å²) < 4.78 is 7.14. The summed E-state index contributed by atoms with van der Waals surface area (Å²) in [6.07, 6.45) is 2.41. The number of aromatic carboxylic acids is 1. The van der Waals surface area contributed by atoms with Crippen molar-refractivity contribution in [2.75, 3.05) is 7.11 Å². The Hall–Kier alpha value is -5.50. The van der Waals surface area contributed by atoms with Gasteiger partial charge in [-0.1, -0.05) is 65.7 Å². The molecule has 0 saturated heterocycles. The number of aryl methyl sites for hydroxylation is 2. The van der Waals surface area contributed by atoms with Crippen LogP contribution in [0.1, 0.15) is 55.4 Å². The van der Waals surface area contributed by atoms with Gasteiger partial charge in [0, 0.05) is 29.3 Å². The second-order valence-corrected chi connectivity index (χ2v) is 10.6. The summed E-state index contributed by atoms with van der Waals surface area (Å²) in [5, 5.41) is 20.9. The molecule has 0 radical (unpaired) electrons. The van der Waals surface area contributed by atoms with Crippen LogP contribution in [-0.2, 0) is 0 Å². The van der Waals surface area contributed by atoms with Crippen molar-refractivity contribution >= 4 is 17.6 Å². The number of carbonyl (C=O) groups is 2. The third-order valence-electron chi connectivity index (χ3n) is 7.62. The molecule has 1 atom stereocenters. The molecule has 5 aromatic rings. The normalized spacial score (nSPS) is 14.4. The topological polar surface area (TPSA) is 97.0 Å². The van der Waals surface area contributed by atoms with Gasteiger partial charge in [0.25, 0.3) is 5.91 Å². The van der Waals surface area contributed by atoms with Gasteiger partial charge in [-0.05, 0) is 61.9 Å². The van der Waals surface area contributed by atoms with Gasteiger partial charge in [0.15, 0.2) is 0 Å². The lowest BCUT2D eigenvalue weighted by molar-refractivity contribution is 0.0697. The number of rotatable bonds is 7. The Labute approximate surface area is 249 Å². The number of benzene rings is 4. The first-order valence-electron chi connectivity index (χ1n) is 13.9. The van der Waals surface area contributed by atoms with E-state index in [0.717, 1.165) is 50.7 Å². The number of hydrogen-bond acceptors (Lipinski definition) is 5. The van der Waals surface area contributed by atoms with Crippen LogP contribution in [0, 0.1) is 13.8 Å². The van der Waals surface area contributed by atoms with Crippen molar-refractivity contribution in [1.82, 2.24) is 14.8 Å². The molecule has 1 aliphatic heterocycles. The highest BCUT2D eigenvalue weighted by Gasteiger charge is 2.37. The third kappa shape index (κ3) is 5.55. The molecule has 1 amide bonds. The van der Waals surface area contributed by atoms with Crippen molar-refractivity contribution in [3.05, 3.63) is 137 Å². The molecule has 2 heterocycles. The summed E-state index contributed by atoms with van der Waals surface area (Å²) in [4.78, 5) is 25.7. The highest BCUT2D eigenvalue weighted by atomic mass is 16.5. The van der Waals surface area contributed by atoms with E-state index in [-0.39, 0.29) is 17.0 Å². The van der Waals surface area contributed by atoms with Crippen molar-refractivity contribution in [2.24, 2.45) is 5.10 Å². The summed E-state index contributed by atoms with van der Waals surface area (Å²) in [7, 11) is 1.62. The first-order valence-corrected chi connectivity index (χ1v) is 13.9. The Balaban J connectivity index is 1.49. The highest BCUT2D eigenvalue weighted by molar-refractivity contribution is 6.05. The first-order chi connectivity index (χ1) is 20.8. The van der Waals surface area contributed by atoms with E-state index in [9.17, 15) is 14.7 Å². The molecule has 6 rings (SSSR count). The second kappa shape index (κ2) is 11.4. The maximum atomic E-state index is 14.1. The quantitative estimate of drug-likeness (QED) is 0.231. The summed E-state index contributed by atoms with van der Waals surface area (Å²) in [5.41, 5.74) is 7.54. The van der Waals surface area contributed by atoms with E-state index in [1.54, 1.807) is 19.2 Å². The van der Waals surface area contributed by atoms with Gasteiger partial charge in [0.05, 0.1) is 35.8 Å². The lowest BCUT2D eigenvalue weighted by Crippen LogP contribution is -2.27. The smallest absolute Gasteiger partial charge is 0.335 e. The summed E-state index contributed by atoms with van der Waals surface area (Å²) >= 11 is 0. The minimum absolute atomic E-state index is 0.0389. The van der Waals surface area contributed by atoms with Crippen LogP contribution < -0.4 is 4.74 Å². The molecule has 0 fully saturated rings. The van der Waals surface area contributed by atoms with E-state index in [0.29, 0.717) is 6.42 Å². The molecule has 1 unspecified atom stereocenters. The highest BCUT2D eigenvalue weighted by Crippen LogP contribution is 2.39. The Morgan fingerprint density at radius 1 is 0.837 bits per heavy atom. The van der Waals surface area contributed by atoms with Crippen molar-refractivity contribution in [3.8, 4) is 22.7 Å². The zero-order valence-corrected chi connectivity index (χ0v) is 24.1. The van der Waals surface area contributed by atoms with Crippen LogP contribution in [0.25, 0.3) is 16.9 Å². The van der Waals surface area contributed by atoms with E-state index in [4.69, 9.17) is 14.9 Å². The Morgan fingerprint density at radius 3 is 2.09 bits per heavy atom. The Morgan fingerprint density at radius 2 is 1.47 bits per heavy atom. The van der Waals surface area contributed by atoms with E-state index < -0.39 is 12.0 Å². The van der Waals surface area contributed by atoms with E-state index in [1.165, 1.54) is 17.1 Å². The molecule has 0 spiro atoms. The minimum atomic E-state index is -1.10. The number of carboxylic acids is 1. The van der Waals surface area contributed by atoms with Crippen LogP contribution in [-0.4, -0.2) is 44.6 Å². The van der Waals surface area contributed by atoms with Gasteiger partial charge in [-0.3, -0.25) is 4.79 Å². The number of carbonyl (C=O) groups excluding carboxylic acids is 1.